The highest BCUT2D eigenvalue weighted by Crippen LogP contribution is 2.33. The number of unbranched alkanes of at least 4 members (excludes halogenated alkanes) is 15. The van der Waals surface area contributed by atoms with Gasteiger partial charge in [-0.15, -0.1) is 0 Å². The summed E-state index contributed by atoms with van der Waals surface area (Å²) in [5.41, 5.74) is 0. The molecule has 0 saturated carbocycles. The normalized spacial score (nSPS) is 33.3. The van der Waals surface area contributed by atoms with E-state index < -0.39 is 124 Å². The van der Waals surface area contributed by atoms with Gasteiger partial charge in [-0.25, -0.2) is 0 Å². The highest BCUT2D eigenvalue weighted by molar-refractivity contribution is 5.76. The Morgan fingerprint density at radius 1 is 0.529 bits per heavy atom. The van der Waals surface area contributed by atoms with Gasteiger partial charge in [0, 0.05) is 6.42 Å². The van der Waals surface area contributed by atoms with Gasteiger partial charge in [-0.1, -0.05) is 128 Å². The first-order valence-electron chi connectivity index (χ1n) is 25.6. The summed E-state index contributed by atoms with van der Waals surface area (Å²) in [6.07, 6.45) is 2.97. The maximum Gasteiger partial charge on any atom is 0.220 e. The van der Waals surface area contributed by atoms with E-state index >= 15 is 0 Å². The highest BCUT2D eigenvalue weighted by atomic mass is 16.8. The van der Waals surface area contributed by atoms with Crippen LogP contribution in [-0.4, -0.2) is 193 Å². The first-order chi connectivity index (χ1) is 32.8. The van der Waals surface area contributed by atoms with Crippen LogP contribution in [0.1, 0.15) is 149 Å². The van der Waals surface area contributed by atoms with Crippen molar-refractivity contribution in [3.8, 4) is 0 Å². The summed E-state index contributed by atoms with van der Waals surface area (Å²) in [7, 11) is 0. The fourth-order valence-corrected chi connectivity index (χ4v) is 8.70. The van der Waals surface area contributed by atoms with Crippen LogP contribution in [0.5, 0.6) is 0 Å². The van der Waals surface area contributed by atoms with Gasteiger partial charge in [-0.2, -0.15) is 0 Å². The van der Waals surface area contributed by atoms with Gasteiger partial charge in [-0.3, -0.25) is 4.79 Å². The molecular weight excluding hydrogens is 891 g/mol. The Morgan fingerprint density at radius 2 is 1.00 bits per heavy atom. The zero-order chi connectivity index (χ0) is 49.8. The largest absolute Gasteiger partial charge is 0.394 e. The van der Waals surface area contributed by atoms with Gasteiger partial charge < -0.3 is 89.9 Å². The van der Waals surface area contributed by atoms with Crippen molar-refractivity contribution in [3.63, 3.8) is 0 Å². The predicted molar refractivity (Wildman–Crippen MR) is 250 cm³/mol. The van der Waals surface area contributed by atoms with Gasteiger partial charge in [0.25, 0.3) is 0 Å². The van der Waals surface area contributed by atoms with E-state index in [1.54, 1.807) is 0 Å². The van der Waals surface area contributed by atoms with Gasteiger partial charge in [0.2, 0.25) is 5.91 Å². The average molecular weight is 980 g/mol. The van der Waals surface area contributed by atoms with Gasteiger partial charge in [0.05, 0.1) is 38.6 Å². The van der Waals surface area contributed by atoms with Gasteiger partial charge in [-0.05, 0) is 38.5 Å². The lowest BCUT2D eigenvalue weighted by molar-refractivity contribution is -0.379. The van der Waals surface area contributed by atoms with Crippen LogP contribution >= 0.6 is 0 Å². The molecule has 3 rings (SSSR count). The topological polar surface area (TPSA) is 307 Å². The van der Waals surface area contributed by atoms with E-state index in [4.69, 9.17) is 28.4 Å². The van der Waals surface area contributed by atoms with E-state index in [9.17, 15) is 61.0 Å². The minimum atomic E-state index is -1.97. The molecule has 68 heavy (non-hydrogen) atoms. The summed E-state index contributed by atoms with van der Waals surface area (Å²) in [6, 6.07) is -0.889. The van der Waals surface area contributed by atoms with Crippen LogP contribution in [0.25, 0.3) is 0 Å². The number of carbonyl (C=O) groups excluding carboxylic acids is 1. The van der Waals surface area contributed by atoms with Crippen LogP contribution < -0.4 is 5.32 Å². The number of carbonyl (C=O) groups is 1. The second-order valence-corrected chi connectivity index (χ2v) is 18.6. The lowest BCUT2D eigenvalue weighted by Gasteiger charge is -2.48. The summed E-state index contributed by atoms with van der Waals surface area (Å²) in [5.74, 6) is -0.262. The SMILES string of the molecule is CCC/C=C\C/C=C\CCCCCCCC(=O)NC(COC1OC(CO)C(OC2OC(CO)C(OC3OC(CO)C(O)C(O)C3O)C(O)C2O)C(O)C1O)C(O)CCCCCCCCCCCC. The molecule has 3 saturated heterocycles. The molecule has 0 aromatic heterocycles. The van der Waals surface area contributed by atoms with E-state index in [0.717, 1.165) is 77.0 Å². The molecule has 19 heteroatoms. The van der Waals surface area contributed by atoms with Crippen LogP contribution in [-0.2, 0) is 33.2 Å². The van der Waals surface area contributed by atoms with Crippen LogP contribution in [0.2, 0.25) is 0 Å². The zero-order valence-corrected chi connectivity index (χ0v) is 40.6. The minimum absolute atomic E-state index is 0.250. The van der Waals surface area contributed by atoms with Gasteiger partial charge in [0.15, 0.2) is 18.9 Å². The molecule has 3 aliphatic heterocycles. The Kier molecular flexibility index (Phi) is 30.8. The van der Waals surface area contributed by atoms with Crippen molar-refractivity contribution >= 4 is 5.91 Å². The fourth-order valence-electron chi connectivity index (χ4n) is 8.70. The number of hydrogen-bond donors (Lipinski definition) is 12. The molecule has 0 aromatic rings. The molecule has 3 fully saturated rings. The smallest absolute Gasteiger partial charge is 0.220 e. The second-order valence-electron chi connectivity index (χ2n) is 18.6. The van der Waals surface area contributed by atoms with Crippen molar-refractivity contribution < 1.29 is 89.4 Å². The van der Waals surface area contributed by atoms with E-state index in [0.29, 0.717) is 12.8 Å². The number of aliphatic hydroxyl groups is 11. The molecule has 0 bridgehead atoms. The third kappa shape index (κ3) is 20.4. The molecule has 0 aliphatic carbocycles. The molecule has 12 N–H and O–H groups in total. The van der Waals surface area contributed by atoms with Crippen molar-refractivity contribution in [2.75, 3.05) is 26.4 Å². The molecule has 17 atom stereocenters. The van der Waals surface area contributed by atoms with Crippen LogP contribution in [0.3, 0.4) is 0 Å². The molecule has 3 aliphatic rings. The van der Waals surface area contributed by atoms with Crippen molar-refractivity contribution in [2.24, 2.45) is 0 Å². The maximum atomic E-state index is 13.2. The van der Waals surface area contributed by atoms with Crippen LogP contribution in [0.15, 0.2) is 24.3 Å². The first-order valence-corrected chi connectivity index (χ1v) is 25.6. The quantitative estimate of drug-likeness (QED) is 0.0317. The summed E-state index contributed by atoms with van der Waals surface area (Å²) in [4.78, 5) is 13.2. The fraction of sp³-hybridized carbons (Fsp3) is 0.898. The number of aliphatic hydroxyl groups excluding tert-OH is 11. The number of nitrogens with one attached hydrogen (secondary N) is 1. The minimum Gasteiger partial charge on any atom is -0.394 e. The molecule has 0 aromatic carbocycles. The van der Waals surface area contributed by atoms with Crippen molar-refractivity contribution in [2.45, 2.75) is 253 Å². The molecule has 19 nitrogen and oxygen atoms in total. The molecule has 398 valence electrons. The standard InChI is InChI=1S/C49H89NO18/c1-3-5-7-9-11-13-15-16-17-19-21-23-25-27-37(55)50-32(33(54)26-24-22-20-18-14-12-10-8-6-4-2)31-63-47-43(61)40(58)45(35(29-52)65-47)68-49-44(62)41(59)46(36(30-53)66-49)67-48-42(60)39(57)38(56)34(28-51)64-48/h7,9,13,15,32-36,38-49,51-54,56-62H,3-6,8,10-12,14,16-31H2,1-2H3,(H,50,55)/b9-7-,15-13-. The summed E-state index contributed by atoms with van der Waals surface area (Å²) in [5, 5.41) is 120. The molecule has 3 heterocycles. The molecular formula is C49H89NO18. The molecule has 0 spiro atoms. The number of amides is 1. The van der Waals surface area contributed by atoms with Gasteiger partial charge >= 0.3 is 0 Å². The van der Waals surface area contributed by atoms with E-state index in [1.165, 1.54) is 38.5 Å². The number of rotatable bonds is 35. The van der Waals surface area contributed by atoms with Crippen LogP contribution in [0, 0.1) is 0 Å². The Balaban J connectivity index is 1.56. The summed E-state index contributed by atoms with van der Waals surface area (Å²) >= 11 is 0. The lowest BCUT2D eigenvalue weighted by Crippen LogP contribution is -2.66. The highest BCUT2D eigenvalue weighted by Gasteiger charge is 2.53. The zero-order valence-electron chi connectivity index (χ0n) is 40.6. The Hall–Kier alpha value is -1.73. The van der Waals surface area contributed by atoms with E-state index in [1.807, 2.05) is 0 Å². The Morgan fingerprint density at radius 3 is 1.56 bits per heavy atom. The van der Waals surface area contributed by atoms with Crippen molar-refractivity contribution in [1.29, 1.82) is 0 Å². The summed E-state index contributed by atoms with van der Waals surface area (Å²) < 4.78 is 34.1. The Bertz CT molecular complexity index is 1360. The van der Waals surface area contributed by atoms with Gasteiger partial charge in [0.1, 0.15) is 73.2 Å². The van der Waals surface area contributed by atoms with Crippen molar-refractivity contribution in [3.05, 3.63) is 24.3 Å². The lowest BCUT2D eigenvalue weighted by atomic mass is 9.96. The second kappa shape index (κ2) is 34.6. The third-order valence-electron chi connectivity index (χ3n) is 13.0. The predicted octanol–water partition coefficient (Wildman–Crippen LogP) is 1.64. The Labute approximate surface area is 403 Å². The number of allylic oxidation sites excluding steroid dienone is 4. The summed E-state index contributed by atoms with van der Waals surface area (Å²) in [6.45, 7) is 1.65. The molecule has 17 unspecified atom stereocenters. The van der Waals surface area contributed by atoms with E-state index in [-0.39, 0.29) is 18.9 Å². The van der Waals surface area contributed by atoms with Crippen molar-refractivity contribution in [1.82, 2.24) is 5.32 Å². The maximum absolute atomic E-state index is 13.2. The molecule has 0 radical (unpaired) electrons. The van der Waals surface area contributed by atoms with E-state index in [2.05, 4.69) is 43.5 Å². The third-order valence-corrected chi connectivity index (χ3v) is 13.0. The molecule has 1 amide bonds. The monoisotopic (exact) mass is 980 g/mol. The average Bonchev–Trinajstić information content (AvgIpc) is 3.33. The number of hydrogen-bond acceptors (Lipinski definition) is 18. The first kappa shape index (κ1) is 60.6. The van der Waals surface area contributed by atoms with Crippen LogP contribution in [0.4, 0.5) is 0 Å². The number of ether oxygens (including phenoxy) is 6.